The van der Waals surface area contributed by atoms with E-state index < -0.39 is 25.6 Å². The summed E-state index contributed by atoms with van der Waals surface area (Å²) in [5.41, 5.74) is 13.6. The topological polar surface area (TPSA) is 205 Å². The van der Waals surface area contributed by atoms with E-state index in [9.17, 15) is 9.36 Å². The van der Waals surface area contributed by atoms with Gasteiger partial charge in [-0.25, -0.2) is 4.98 Å². The van der Waals surface area contributed by atoms with Crippen molar-refractivity contribution >= 4 is 24.7 Å². The second-order valence-electron chi connectivity index (χ2n) is 4.52. The number of anilines is 1. The Labute approximate surface area is 127 Å². The minimum Gasteiger partial charge on any atom is -0.369 e. The fourth-order valence-electron chi connectivity index (χ4n) is 1.82. The number of rotatable bonds is 7. The van der Waals surface area contributed by atoms with E-state index in [2.05, 4.69) is 25.0 Å². The van der Waals surface area contributed by atoms with E-state index in [0.717, 1.165) is 0 Å². The third kappa shape index (κ3) is 4.52. The quantitative estimate of drug-likeness (QED) is 0.223. The molecule has 0 unspecified atom stereocenters. The van der Waals surface area contributed by atoms with Gasteiger partial charge in [-0.1, -0.05) is 5.11 Å². The number of aromatic amines is 1. The van der Waals surface area contributed by atoms with Gasteiger partial charge in [-0.3, -0.25) is 14.3 Å². The van der Waals surface area contributed by atoms with E-state index >= 15 is 0 Å². The number of nitrogens with zero attached hydrogens (tertiary/aromatic N) is 6. The van der Waals surface area contributed by atoms with Gasteiger partial charge in [0, 0.05) is 4.91 Å². The molecule has 2 heterocycles. The summed E-state index contributed by atoms with van der Waals surface area (Å²) in [6.07, 6.45) is -0.379. The summed E-state index contributed by atoms with van der Waals surface area (Å²) in [6, 6.07) is 0. The van der Waals surface area contributed by atoms with Crippen LogP contribution in [0.1, 0.15) is 0 Å². The number of H-pyrrole nitrogens is 1. The summed E-state index contributed by atoms with van der Waals surface area (Å²) >= 11 is 0. The van der Waals surface area contributed by atoms with Crippen LogP contribution in [0.5, 0.6) is 0 Å². The normalized spacial score (nSPS) is 13.0. The highest BCUT2D eigenvalue weighted by Gasteiger charge is 2.19. The predicted molar refractivity (Wildman–Crippen MR) is 78.4 cm³/mol. The number of aromatic nitrogens is 4. The summed E-state index contributed by atoms with van der Waals surface area (Å²) in [5.74, 6) is -0.105. The van der Waals surface area contributed by atoms with Gasteiger partial charge >= 0.3 is 7.60 Å². The van der Waals surface area contributed by atoms with Crippen LogP contribution in [0.25, 0.3) is 21.6 Å². The Balaban J connectivity index is 2.26. The molecule has 0 aromatic carbocycles. The molecule has 0 aliphatic rings. The molecule has 13 nitrogen and oxygen atoms in total. The molecule has 0 radical (unpaired) electrons. The first kappa shape index (κ1) is 16.9. The fraction of sp³-hybridized carbons (Fsp3) is 0.444. The minimum atomic E-state index is -4.38. The highest BCUT2D eigenvalue weighted by atomic mass is 31.2. The van der Waals surface area contributed by atoms with Crippen molar-refractivity contribution in [2.75, 3.05) is 18.6 Å². The van der Waals surface area contributed by atoms with E-state index in [1.807, 2.05) is 0 Å². The molecule has 0 spiro atoms. The van der Waals surface area contributed by atoms with Crippen LogP contribution in [0.4, 0.5) is 5.95 Å². The van der Waals surface area contributed by atoms with Crippen molar-refractivity contribution in [2.45, 2.75) is 12.6 Å². The van der Waals surface area contributed by atoms with Gasteiger partial charge < -0.3 is 24.8 Å². The van der Waals surface area contributed by atoms with Crippen LogP contribution in [0.3, 0.4) is 0 Å². The van der Waals surface area contributed by atoms with Gasteiger partial charge in [0.2, 0.25) is 5.95 Å². The number of hydrogen-bond donors (Lipinski definition) is 4. The van der Waals surface area contributed by atoms with Crippen molar-refractivity contribution in [1.82, 2.24) is 19.5 Å². The third-order valence-electron chi connectivity index (χ3n) is 2.72. The molecule has 1 atom stereocenters. The van der Waals surface area contributed by atoms with Crippen molar-refractivity contribution in [3.63, 3.8) is 0 Å². The molecule has 0 aliphatic heterocycles. The maximum absolute atomic E-state index is 11.7. The number of nitrogens with two attached hydrogens (primary N) is 1. The SMILES string of the molecule is [N-]=[N+]=NC[C@H](Cn1cnc2c(=O)[nH]c(N)nc21)OCP(=O)(O)O. The van der Waals surface area contributed by atoms with Crippen molar-refractivity contribution < 1.29 is 19.1 Å². The molecule has 23 heavy (non-hydrogen) atoms. The molecule has 124 valence electrons. The molecular weight excluding hydrogens is 331 g/mol. The van der Waals surface area contributed by atoms with Crippen LogP contribution in [-0.4, -0.2) is 48.3 Å². The summed E-state index contributed by atoms with van der Waals surface area (Å²) in [7, 11) is -4.38. The van der Waals surface area contributed by atoms with Crippen molar-refractivity contribution in [3.8, 4) is 0 Å². The summed E-state index contributed by atoms with van der Waals surface area (Å²) in [5, 5.41) is 3.32. The largest absolute Gasteiger partial charge is 0.369 e. The Kier molecular flexibility index (Phi) is 4.98. The lowest BCUT2D eigenvalue weighted by molar-refractivity contribution is 0.0692. The lowest BCUT2D eigenvalue weighted by Gasteiger charge is -2.17. The minimum absolute atomic E-state index is 0.00537. The number of nitrogens with one attached hydrogen (secondary N) is 1. The monoisotopic (exact) mass is 344 g/mol. The van der Waals surface area contributed by atoms with Crippen LogP contribution in [0.15, 0.2) is 16.2 Å². The summed E-state index contributed by atoms with van der Waals surface area (Å²) < 4.78 is 17.4. The number of ether oxygens (including phenoxy) is 1. The van der Waals surface area contributed by atoms with Gasteiger partial charge in [0.1, 0.15) is 6.35 Å². The van der Waals surface area contributed by atoms with E-state index in [0.29, 0.717) is 0 Å². The fourth-order valence-corrected chi connectivity index (χ4v) is 2.22. The van der Waals surface area contributed by atoms with E-state index in [1.54, 1.807) is 0 Å². The molecule has 2 aromatic rings. The molecular formula is C9H13N8O5P. The molecule has 0 bridgehead atoms. The lowest BCUT2D eigenvalue weighted by Crippen LogP contribution is -2.24. The van der Waals surface area contributed by atoms with Crippen molar-refractivity contribution in [2.24, 2.45) is 5.11 Å². The van der Waals surface area contributed by atoms with Gasteiger partial charge in [0.25, 0.3) is 5.56 Å². The number of hydrogen-bond acceptors (Lipinski definition) is 7. The molecule has 14 heteroatoms. The molecule has 0 aliphatic carbocycles. The molecule has 2 rings (SSSR count). The third-order valence-corrected chi connectivity index (χ3v) is 3.21. The molecule has 0 saturated heterocycles. The molecule has 2 aromatic heterocycles. The number of nitrogen functional groups attached to an aromatic ring is 1. The van der Waals surface area contributed by atoms with E-state index in [-0.39, 0.29) is 30.2 Å². The average molecular weight is 344 g/mol. The predicted octanol–water partition coefficient (Wildman–Crippen LogP) is -0.468. The molecule has 0 amide bonds. The molecule has 5 N–H and O–H groups in total. The van der Waals surface area contributed by atoms with Crippen LogP contribution in [0.2, 0.25) is 0 Å². The summed E-state index contributed by atoms with van der Waals surface area (Å²) in [6.45, 7) is -0.166. The highest BCUT2D eigenvalue weighted by Crippen LogP contribution is 2.34. The maximum Gasteiger partial charge on any atom is 0.350 e. The maximum atomic E-state index is 11.7. The standard InChI is InChI=1S/C9H13N8O5P/c10-9-14-7-6(8(18)15-9)12-3-17(7)2-5(1-13-16-11)22-4-23(19,20)21/h3,5H,1-2,4H2,(H2,19,20,21)(H3,10,14,15,18)/t5-/m1/s1. The number of imidazole rings is 1. The summed E-state index contributed by atoms with van der Waals surface area (Å²) in [4.78, 5) is 42.1. The van der Waals surface area contributed by atoms with Crippen LogP contribution >= 0.6 is 7.60 Å². The van der Waals surface area contributed by atoms with Crippen molar-refractivity contribution in [1.29, 1.82) is 0 Å². The average Bonchev–Trinajstić information content (AvgIpc) is 2.84. The van der Waals surface area contributed by atoms with Crippen molar-refractivity contribution in [3.05, 3.63) is 27.1 Å². The smallest absolute Gasteiger partial charge is 0.350 e. The Morgan fingerprint density at radius 2 is 2.35 bits per heavy atom. The zero-order valence-electron chi connectivity index (χ0n) is 11.6. The Morgan fingerprint density at radius 1 is 1.61 bits per heavy atom. The first-order valence-electron chi connectivity index (χ1n) is 6.18. The van der Waals surface area contributed by atoms with Gasteiger partial charge in [-0.05, 0) is 5.53 Å². The molecule has 0 saturated carbocycles. The van der Waals surface area contributed by atoms with Gasteiger partial charge in [-0.2, -0.15) is 4.98 Å². The highest BCUT2D eigenvalue weighted by molar-refractivity contribution is 7.51. The Morgan fingerprint density at radius 3 is 3.00 bits per heavy atom. The molecule has 0 fully saturated rings. The van der Waals surface area contributed by atoms with Crippen LogP contribution in [0, 0.1) is 0 Å². The zero-order valence-corrected chi connectivity index (χ0v) is 12.5. The van der Waals surface area contributed by atoms with Gasteiger partial charge in [0.15, 0.2) is 11.2 Å². The van der Waals surface area contributed by atoms with Crippen LogP contribution in [-0.2, 0) is 15.8 Å². The van der Waals surface area contributed by atoms with E-state index in [1.165, 1.54) is 10.9 Å². The first-order chi connectivity index (χ1) is 10.8. The Bertz CT molecular complexity index is 849. The van der Waals surface area contributed by atoms with Gasteiger partial charge in [-0.15, -0.1) is 0 Å². The Hall–Kier alpha value is -2.43. The van der Waals surface area contributed by atoms with E-state index in [4.69, 9.17) is 25.8 Å². The lowest BCUT2D eigenvalue weighted by atomic mass is 10.3. The number of azide groups is 1. The second kappa shape index (κ2) is 6.77. The zero-order chi connectivity index (χ0) is 17.0. The number of fused-ring (bicyclic) bond motifs is 1. The van der Waals surface area contributed by atoms with Gasteiger partial charge in [0.05, 0.1) is 25.5 Å². The van der Waals surface area contributed by atoms with Crippen LogP contribution < -0.4 is 11.3 Å². The second-order valence-corrected chi connectivity index (χ2v) is 6.10. The first-order valence-corrected chi connectivity index (χ1v) is 7.97.